The van der Waals surface area contributed by atoms with Crippen LogP contribution in [0.15, 0.2) is 0 Å². The predicted octanol–water partition coefficient (Wildman–Crippen LogP) is 2.03. The summed E-state index contributed by atoms with van der Waals surface area (Å²) in [5.74, 6) is 0.592. The first kappa shape index (κ1) is 9.37. The summed E-state index contributed by atoms with van der Waals surface area (Å²) in [5, 5.41) is 0.0833. The van der Waals surface area contributed by atoms with Gasteiger partial charge in [0.25, 0.3) is 0 Å². The molecule has 3 heteroatoms. The minimum absolute atomic E-state index is 0.0833. The Morgan fingerprint density at radius 3 is 2.64 bits per heavy atom. The van der Waals surface area contributed by atoms with Gasteiger partial charge in [0.05, 0.1) is 0 Å². The molecule has 0 heterocycles. The summed E-state index contributed by atoms with van der Waals surface area (Å²) in [7, 11) is 2.13. The molecule has 0 nitrogen and oxygen atoms in total. The smallest absolute Gasteiger partial charge is 0.104 e. The molecular formula is C8H15BClF. The highest BCUT2D eigenvalue weighted by Crippen LogP contribution is 2.39. The number of hydrogen-bond donors (Lipinski definition) is 0. The molecule has 1 saturated carbocycles. The van der Waals surface area contributed by atoms with E-state index in [2.05, 4.69) is 7.85 Å². The Hall–Kier alpha value is 0.285. The topological polar surface area (TPSA) is 0 Å². The molecule has 0 amide bonds. The van der Waals surface area contributed by atoms with Gasteiger partial charge in [-0.3, -0.25) is 0 Å². The van der Waals surface area contributed by atoms with Crippen LogP contribution in [-0.4, -0.2) is 19.4 Å². The molecule has 0 N–H and O–H groups in total. The molecule has 0 saturated heterocycles. The lowest BCUT2D eigenvalue weighted by molar-refractivity contribution is 0.244. The van der Waals surface area contributed by atoms with Gasteiger partial charge >= 0.3 is 0 Å². The molecule has 1 aliphatic rings. The summed E-state index contributed by atoms with van der Waals surface area (Å²) in [6.45, 7) is 1.98. The zero-order chi connectivity index (χ0) is 8.43. The predicted molar refractivity (Wildman–Crippen MR) is 49.8 cm³/mol. The van der Waals surface area contributed by atoms with E-state index in [9.17, 15) is 4.39 Å². The summed E-state index contributed by atoms with van der Waals surface area (Å²) in [5.41, 5.74) is 0. The van der Waals surface area contributed by atoms with Crippen molar-refractivity contribution in [1.82, 2.24) is 0 Å². The van der Waals surface area contributed by atoms with E-state index in [1.807, 2.05) is 6.92 Å². The third-order valence-electron chi connectivity index (χ3n) is 2.78. The number of alkyl halides is 2. The van der Waals surface area contributed by atoms with Crippen LogP contribution in [0.25, 0.3) is 0 Å². The second-order valence-electron chi connectivity index (χ2n) is 3.58. The molecule has 11 heavy (non-hydrogen) atoms. The second kappa shape index (κ2) is 3.80. The van der Waals surface area contributed by atoms with Crippen molar-refractivity contribution in [1.29, 1.82) is 0 Å². The lowest BCUT2D eigenvalue weighted by atomic mass is 9.87. The average Bonchev–Trinajstić information content (AvgIpc) is 2.17. The number of hydrogen-bond acceptors (Lipinski definition) is 0. The molecule has 4 atom stereocenters. The normalized spacial score (nSPS) is 44.6. The molecule has 1 fully saturated rings. The van der Waals surface area contributed by atoms with E-state index in [1.165, 1.54) is 0 Å². The third kappa shape index (κ3) is 1.90. The van der Waals surface area contributed by atoms with Crippen molar-refractivity contribution in [2.75, 3.05) is 0 Å². The maximum absolute atomic E-state index is 13.1. The van der Waals surface area contributed by atoms with Crippen LogP contribution in [-0.2, 0) is 0 Å². The highest BCUT2D eigenvalue weighted by molar-refractivity contribution is 6.21. The first-order valence-corrected chi connectivity index (χ1v) is 4.88. The fraction of sp³-hybridized carbons (Fsp3) is 1.00. The van der Waals surface area contributed by atoms with Gasteiger partial charge in [0.1, 0.15) is 14.0 Å². The van der Waals surface area contributed by atoms with Crippen LogP contribution in [0.3, 0.4) is 0 Å². The fourth-order valence-corrected chi connectivity index (χ4v) is 2.50. The SMILES string of the molecule is BCCC1C(Cl)CC(F)C1C. The van der Waals surface area contributed by atoms with Crippen LogP contribution in [0, 0.1) is 11.8 Å². The molecule has 0 aromatic heterocycles. The van der Waals surface area contributed by atoms with Crippen LogP contribution in [0.4, 0.5) is 4.39 Å². The van der Waals surface area contributed by atoms with Gasteiger partial charge in [0.2, 0.25) is 0 Å². The molecule has 1 rings (SSSR count). The van der Waals surface area contributed by atoms with Crippen LogP contribution < -0.4 is 0 Å². The third-order valence-corrected chi connectivity index (χ3v) is 3.28. The van der Waals surface area contributed by atoms with Gasteiger partial charge in [0.15, 0.2) is 0 Å². The Kier molecular flexibility index (Phi) is 3.23. The Balaban J connectivity index is 2.49. The Labute approximate surface area is 73.9 Å². The standard InChI is InChI=1S/C8H15BClF/c1-5-6(2-3-9)7(10)4-8(5)11/h5-8H,2-4,9H2,1H3. The Bertz CT molecular complexity index is 131. The number of rotatable bonds is 2. The number of halogens is 2. The van der Waals surface area contributed by atoms with Gasteiger partial charge in [-0.05, 0) is 18.3 Å². The fourth-order valence-electron chi connectivity index (χ4n) is 1.98. The van der Waals surface area contributed by atoms with Crippen LogP contribution in [0.5, 0.6) is 0 Å². The van der Waals surface area contributed by atoms with Crippen molar-refractivity contribution in [3.05, 3.63) is 0 Å². The highest BCUT2D eigenvalue weighted by Gasteiger charge is 2.38. The zero-order valence-electron chi connectivity index (χ0n) is 7.19. The van der Waals surface area contributed by atoms with Crippen LogP contribution in [0.1, 0.15) is 19.8 Å². The van der Waals surface area contributed by atoms with Crippen molar-refractivity contribution in [3.8, 4) is 0 Å². The monoisotopic (exact) mass is 176 g/mol. The van der Waals surface area contributed by atoms with Gasteiger partial charge in [-0.15, -0.1) is 11.6 Å². The quantitative estimate of drug-likeness (QED) is 0.446. The molecule has 64 valence electrons. The average molecular weight is 176 g/mol. The molecule has 4 unspecified atom stereocenters. The summed E-state index contributed by atoms with van der Waals surface area (Å²) < 4.78 is 13.1. The first-order valence-electron chi connectivity index (χ1n) is 4.45. The van der Waals surface area contributed by atoms with Crippen molar-refractivity contribution in [3.63, 3.8) is 0 Å². The molecular weight excluding hydrogens is 161 g/mol. The van der Waals surface area contributed by atoms with Gasteiger partial charge in [-0.2, -0.15) is 0 Å². The maximum atomic E-state index is 13.1. The Morgan fingerprint density at radius 2 is 2.27 bits per heavy atom. The summed E-state index contributed by atoms with van der Waals surface area (Å²) >= 11 is 6.01. The van der Waals surface area contributed by atoms with E-state index in [1.54, 1.807) is 0 Å². The van der Waals surface area contributed by atoms with Crippen molar-refractivity contribution >= 4 is 19.4 Å². The van der Waals surface area contributed by atoms with Crippen LogP contribution >= 0.6 is 11.6 Å². The van der Waals surface area contributed by atoms with Gasteiger partial charge in [-0.25, -0.2) is 4.39 Å². The molecule has 0 aliphatic heterocycles. The van der Waals surface area contributed by atoms with Crippen molar-refractivity contribution in [2.24, 2.45) is 11.8 Å². The highest BCUT2D eigenvalue weighted by atomic mass is 35.5. The molecule has 1 aliphatic carbocycles. The van der Waals surface area contributed by atoms with E-state index >= 15 is 0 Å². The van der Waals surface area contributed by atoms with Crippen molar-refractivity contribution < 1.29 is 4.39 Å². The Morgan fingerprint density at radius 1 is 1.64 bits per heavy atom. The van der Waals surface area contributed by atoms with Gasteiger partial charge in [0, 0.05) is 5.38 Å². The molecule has 0 spiro atoms. The van der Waals surface area contributed by atoms with Gasteiger partial charge < -0.3 is 0 Å². The van der Waals surface area contributed by atoms with E-state index in [0.717, 1.165) is 12.7 Å². The largest absolute Gasteiger partial charge is 0.247 e. The minimum Gasteiger partial charge on any atom is -0.247 e. The molecule has 0 aromatic carbocycles. The van der Waals surface area contributed by atoms with E-state index in [0.29, 0.717) is 12.3 Å². The molecule has 0 radical (unpaired) electrons. The zero-order valence-corrected chi connectivity index (χ0v) is 7.94. The lowest BCUT2D eigenvalue weighted by Crippen LogP contribution is -2.15. The second-order valence-corrected chi connectivity index (χ2v) is 4.14. The molecule has 0 aromatic rings. The first-order chi connectivity index (χ1) is 5.16. The van der Waals surface area contributed by atoms with Gasteiger partial charge in [-0.1, -0.05) is 19.7 Å². The summed E-state index contributed by atoms with van der Waals surface area (Å²) in [4.78, 5) is 0. The van der Waals surface area contributed by atoms with Crippen LogP contribution in [0.2, 0.25) is 6.32 Å². The summed E-state index contributed by atoms with van der Waals surface area (Å²) in [6, 6.07) is 0. The van der Waals surface area contributed by atoms with E-state index < -0.39 is 6.17 Å². The summed E-state index contributed by atoms with van der Waals surface area (Å²) in [6.07, 6.45) is 2.10. The lowest BCUT2D eigenvalue weighted by Gasteiger charge is -2.17. The van der Waals surface area contributed by atoms with E-state index in [-0.39, 0.29) is 11.3 Å². The molecule has 0 bridgehead atoms. The van der Waals surface area contributed by atoms with E-state index in [4.69, 9.17) is 11.6 Å². The van der Waals surface area contributed by atoms with Crippen molar-refractivity contribution in [2.45, 2.75) is 37.6 Å². The minimum atomic E-state index is -0.658. The maximum Gasteiger partial charge on any atom is 0.104 e.